The quantitative estimate of drug-likeness (QED) is 0.697. The molecule has 0 radical (unpaired) electrons. The number of ether oxygens (including phenoxy) is 1. The van der Waals surface area contributed by atoms with Crippen LogP contribution in [0.2, 0.25) is 0 Å². The van der Waals surface area contributed by atoms with Gasteiger partial charge in [-0.25, -0.2) is 0 Å². The molecule has 2 N–H and O–H groups in total. The third kappa shape index (κ3) is 4.30. The molecule has 0 heterocycles. The van der Waals surface area contributed by atoms with E-state index in [-0.39, 0.29) is 5.97 Å². The van der Waals surface area contributed by atoms with Crippen molar-refractivity contribution in [3.05, 3.63) is 0 Å². The first-order valence-corrected chi connectivity index (χ1v) is 7.08. The maximum atomic E-state index is 11.9. The molecule has 17 heavy (non-hydrogen) atoms. The van der Waals surface area contributed by atoms with Crippen molar-refractivity contribution in [1.29, 1.82) is 0 Å². The lowest BCUT2D eigenvalue weighted by atomic mass is 9.98. The summed E-state index contributed by atoms with van der Waals surface area (Å²) < 4.78 is 5.42. The summed E-state index contributed by atoms with van der Waals surface area (Å²) in [7, 11) is 0. The molecule has 0 saturated heterocycles. The molecule has 0 aromatic heterocycles. The van der Waals surface area contributed by atoms with Gasteiger partial charge in [0.05, 0.1) is 6.61 Å². The van der Waals surface area contributed by atoms with Gasteiger partial charge in [0, 0.05) is 0 Å². The number of nitrogens with two attached hydrogens (primary N) is 1. The Bertz CT molecular complexity index is 234. The molecule has 0 aromatic rings. The van der Waals surface area contributed by atoms with Gasteiger partial charge in [-0.05, 0) is 25.2 Å². The SMILES string of the molecule is CCCCC(CC)COC(=O)C1(N)CCCC1. The summed E-state index contributed by atoms with van der Waals surface area (Å²) in [6.07, 6.45) is 8.32. The Morgan fingerprint density at radius 2 is 2.00 bits per heavy atom. The lowest BCUT2D eigenvalue weighted by Gasteiger charge is -2.23. The van der Waals surface area contributed by atoms with Crippen molar-refractivity contribution >= 4 is 5.97 Å². The number of esters is 1. The summed E-state index contributed by atoms with van der Waals surface area (Å²) in [6.45, 7) is 4.89. The molecule has 0 bridgehead atoms. The van der Waals surface area contributed by atoms with Crippen molar-refractivity contribution in [2.24, 2.45) is 11.7 Å². The fourth-order valence-corrected chi connectivity index (χ4v) is 2.45. The molecular weight excluding hydrogens is 214 g/mol. The standard InChI is InChI=1S/C14H27NO2/c1-3-5-8-12(4-2)11-17-13(16)14(15)9-6-7-10-14/h12H,3-11,15H2,1-2H3. The Labute approximate surface area is 105 Å². The van der Waals surface area contributed by atoms with E-state index in [1.54, 1.807) is 0 Å². The van der Waals surface area contributed by atoms with Crippen LogP contribution in [-0.2, 0) is 9.53 Å². The Balaban J connectivity index is 2.30. The molecule has 1 atom stereocenters. The molecule has 0 spiro atoms. The first-order valence-electron chi connectivity index (χ1n) is 7.08. The Morgan fingerprint density at radius 3 is 2.53 bits per heavy atom. The molecule has 1 aliphatic carbocycles. The van der Waals surface area contributed by atoms with Gasteiger partial charge in [-0.15, -0.1) is 0 Å². The lowest BCUT2D eigenvalue weighted by molar-refractivity contribution is -0.151. The van der Waals surface area contributed by atoms with Crippen LogP contribution in [0.25, 0.3) is 0 Å². The molecule has 1 aliphatic rings. The number of carbonyl (C=O) groups excluding carboxylic acids is 1. The van der Waals surface area contributed by atoms with Crippen LogP contribution in [0.4, 0.5) is 0 Å². The van der Waals surface area contributed by atoms with Crippen molar-refractivity contribution in [3.63, 3.8) is 0 Å². The summed E-state index contributed by atoms with van der Waals surface area (Å²) >= 11 is 0. The van der Waals surface area contributed by atoms with E-state index in [9.17, 15) is 4.79 Å². The molecule has 3 heteroatoms. The summed E-state index contributed by atoms with van der Waals surface area (Å²) in [5.74, 6) is 0.328. The highest BCUT2D eigenvalue weighted by Crippen LogP contribution is 2.28. The minimum atomic E-state index is -0.678. The van der Waals surface area contributed by atoms with Crippen LogP contribution in [0.3, 0.4) is 0 Å². The third-order valence-electron chi connectivity index (χ3n) is 3.90. The van der Waals surface area contributed by atoms with E-state index in [1.807, 2.05) is 0 Å². The van der Waals surface area contributed by atoms with Crippen LogP contribution < -0.4 is 5.73 Å². The molecule has 0 aromatic carbocycles. The van der Waals surface area contributed by atoms with E-state index < -0.39 is 5.54 Å². The summed E-state index contributed by atoms with van der Waals surface area (Å²) in [5.41, 5.74) is 5.38. The van der Waals surface area contributed by atoms with Gasteiger partial charge in [-0.1, -0.05) is 46.0 Å². The summed E-state index contributed by atoms with van der Waals surface area (Å²) in [5, 5.41) is 0. The van der Waals surface area contributed by atoms with Crippen LogP contribution in [0.1, 0.15) is 65.2 Å². The van der Waals surface area contributed by atoms with Crippen LogP contribution in [0.5, 0.6) is 0 Å². The van der Waals surface area contributed by atoms with Crippen molar-refractivity contribution in [1.82, 2.24) is 0 Å². The second kappa shape index (κ2) is 7.00. The molecule has 1 unspecified atom stereocenters. The number of carbonyl (C=O) groups is 1. The van der Waals surface area contributed by atoms with E-state index in [4.69, 9.17) is 10.5 Å². The van der Waals surface area contributed by atoms with Gasteiger partial charge in [-0.3, -0.25) is 4.79 Å². The highest BCUT2D eigenvalue weighted by Gasteiger charge is 2.38. The second-order valence-electron chi connectivity index (χ2n) is 5.38. The third-order valence-corrected chi connectivity index (χ3v) is 3.90. The molecule has 3 nitrogen and oxygen atoms in total. The first kappa shape index (κ1) is 14.5. The fourth-order valence-electron chi connectivity index (χ4n) is 2.45. The Hall–Kier alpha value is -0.570. The number of rotatable bonds is 7. The molecule has 1 saturated carbocycles. The molecule has 1 rings (SSSR count). The van der Waals surface area contributed by atoms with Gasteiger partial charge in [0.1, 0.15) is 5.54 Å². The van der Waals surface area contributed by atoms with Crippen molar-refractivity contribution in [2.45, 2.75) is 70.8 Å². The van der Waals surface area contributed by atoms with Crippen LogP contribution in [0.15, 0.2) is 0 Å². The van der Waals surface area contributed by atoms with Crippen molar-refractivity contribution in [3.8, 4) is 0 Å². The molecule has 0 amide bonds. The van der Waals surface area contributed by atoms with E-state index in [0.717, 1.165) is 38.5 Å². The topological polar surface area (TPSA) is 52.3 Å². The zero-order valence-electron chi connectivity index (χ0n) is 11.3. The highest BCUT2D eigenvalue weighted by atomic mass is 16.5. The van der Waals surface area contributed by atoms with E-state index in [0.29, 0.717) is 12.5 Å². The number of hydrogen-bond acceptors (Lipinski definition) is 3. The number of unbranched alkanes of at least 4 members (excludes halogenated alkanes) is 1. The Morgan fingerprint density at radius 1 is 1.35 bits per heavy atom. The van der Waals surface area contributed by atoms with Gasteiger partial charge in [0.15, 0.2) is 0 Å². The smallest absolute Gasteiger partial charge is 0.326 e. The predicted octanol–water partition coefficient (Wildman–Crippen LogP) is 3.02. The number of hydrogen-bond donors (Lipinski definition) is 1. The van der Waals surface area contributed by atoms with Gasteiger partial charge in [0.2, 0.25) is 0 Å². The average Bonchev–Trinajstić information content (AvgIpc) is 2.77. The maximum absolute atomic E-state index is 11.9. The first-order chi connectivity index (χ1) is 8.12. The molecule has 100 valence electrons. The predicted molar refractivity (Wildman–Crippen MR) is 69.7 cm³/mol. The van der Waals surface area contributed by atoms with E-state index in [2.05, 4.69) is 13.8 Å². The van der Waals surface area contributed by atoms with Gasteiger partial charge < -0.3 is 10.5 Å². The molecular formula is C14H27NO2. The van der Waals surface area contributed by atoms with Gasteiger partial charge in [0.25, 0.3) is 0 Å². The van der Waals surface area contributed by atoms with E-state index >= 15 is 0 Å². The molecule has 0 aliphatic heterocycles. The fraction of sp³-hybridized carbons (Fsp3) is 0.929. The zero-order chi connectivity index (χ0) is 12.7. The van der Waals surface area contributed by atoms with Crippen molar-refractivity contribution in [2.75, 3.05) is 6.61 Å². The minimum Gasteiger partial charge on any atom is -0.464 e. The van der Waals surface area contributed by atoms with E-state index in [1.165, 1.54) is 12.8 Å². The van der Waals surface area contributed by atoms with Crippen LogP contribution in [0, 0.1) is 5.92 Å². The normalized spacial score (nSPS) is 20.2. The minimum absolute atomic E-state index is 0.176. The lowest BCUT2D eigenvalue weighted by Crippen LogP contribution is -2.46. The summed E-state index contributed by atoms with van der Waals surface area (Å²) in [6, 6.07) is 0. The van der Waals surface area contributed by atoms with Crippen molar-refractivity contribution < 1.29 is 9.53 Å². The van der Waals surface area contributed by atoms with Crippen LogP contribution >= 0.6 is 0 Å². The maximum Gasteiger partial charge on any atom is 0.326 e. The van der Waals surface area contributed by atoms with Gasteiger partial charge >= 0.3 is 5.97 Å². The molecule has 1 fully saturated rings. The average molecular weight is 241 g/mol. The Kier molecular flexibility index (Phi) is 5.96. The monoisotopic (exact) mass is 241 g/mol. The zero-order valence-corrected chi connectivity index (χ0v) is 11.3. The highest BCUT2D eigenvalue weighted by molar-refractivity contribution is 5.80. The van der Waals surface area contributed by atoms with Crippen LogP contribution in [-0.4, -0.2) is 18.1 Å². The largest absolute Gasteiger partial charge is 0.464 e. The summed E-state index contributed by atoms with van der Waals surface area (Å²) in [4.78, 5) is 11.9. The second-order valence-corrected chi connectivity index (χ2v) is 5.38. The van der Waals surface area contributed by atoms with Gasteiger partial charge in [-0.2, -0.15) is 0 Å².